The number of halogens is 1. The molecule has 1 unspecified atom stereocenters. The van der Waals surface area contributed by atoms with Gasteiger partial charge in [-0.2, -0.15) is 0 Å². The molecule has 0 aromatic heterocycles. The zero-order valence-electron chi connectivity index (χ0n) is 10.3. The maximum Gasteiger partial charge on any atom is 0.334 e. The van der Waals surface area contributed by atoms with E-state index in [-0.39, 0.29) is 17.8 Å². The second kappa shape index (κ2) is 6.10. The maximum absolute atomic E-state index is 13.3. The first-order chi connectivity index (χ1) is 8.86. The quantitative estimate of drug-likeness (QED) is 0.601. The number of nitro benzene ring substituents is 1. The summed E-state index contributed by atoms with van der Waals surface area (Å²) >= 11 is 0. The van der Waals surface area contributed by atoms with Crippen LogP contribution in [0.2, 0.25) is 0 Å². The lowest BCUT2D eigenvalue weighted by molar-refractivity contribution is -0.384. The predicted octanol–water partition coefficient (Wildman–Crippen LogP) is 1.55. The molecule has 104 valence electrons. The van der Waals surface area contributed by atoms with Crippen molar-refractivity contribution in [3.8, 4) is 0 Å². The van der Waals surface area contributed by atoms with E-state index in [1.165, 1.54) is 20.1 Å². The molecule has 0 aliphatic rings. The fourth-order valence-corrected chi connectivity index (χ4v) is 1.44. The van der Waals surface area contributed by atoms with Gasteiger partial charge in [0, 0.05) is 7.11 Å². The van der Waals surface area contributed by atoms with Crippen LogP contribution in [0.25, 0.3) is 0 Å². The van der Waals surface area contributed by atoms with Gasteiger partial charge in [-0.15, -0.1) is 0 Å². The molecular weight excluding hydrogens is 259 g/mol. The van der Waals surface area contributed by atoms with Gasteiger partial charge in [-0.1, -0.05) is 0 Å². The normalized spacial score (nSPS) is 11.9. The van der Waals surface area contributed by atoms with Gasteiger partial charge in [0.2, 0.25) is 0 Å². The molecule has 1 atom stereocenters. The summed E-state index contributed by atoms with van der Waals surface area (Å²) in [6.45, 7) is 1.28. The molecule has 1 rings (SSSR count). The second-order valence-corrected chi connectivity index (χ2v) is 3.82. The van der Waals surface area contributed by atoms with Crippen molar-refractivity contribution in [3.63, 3.8) is 0 Å². The minimum absolute atomic E-state index is 0.0483. The number of nitro groups is 1. The zero-order valence-corrected chi connectivity index (χ0v) is 10.3. The van der Waals surface area contributed by atoms with Crippen LogP contribution in [0.3, 0.4) is 0 Å². The van der Waals surface area contributed by atoms with E-state index in [0.29, 0.717) is 0 Å². The number of hydrogen-bond acceptors (Lipinski definition) is 5. The first-order valence-electron chi connectivity index (χ1n) is 5.30. The number of carboxylic acid groups (broad SMARTS) is 1. The molecule has 0 saturated carbocycles. The van der Waals surface area contributed by atoms with Crippen molar-refractivity contribution in [3.05, 3.63) is 33.6 Å². The molecule has 0 heterocycles. The Morgan fingerprint density at radius 3 is 2.74 bits per heavy atom. The van der Waals surface area contributed by atoms with Gasteiger partial charge >= 0.3 is 5.97 Å². The van der Waals surface area contributed by atoms with Gasteiger partial charge in [0.1, 0.15) is 11.5 Å². The molecule has 0 aliphatic carbocycles. The van der Waals surface area contributed by atoms with Crippen LogP contribution in [0.4, 0.5) is 15.8 Å². The average molecular weight is 272 g/mol. The Morgan fingerprint density at radius 1 is 1.63 bits per heavy atom. The van der Waals surface area contributed by atoms with Gasteiger partial charge in [0.15, 0.2) is 6.10 Å². The minimum Gasteiger partial charge on any atom is -0.479 e. The number of nitrogens with zero attached hydrogens (tertiary/aromatic N) is 1. The van der Waals surface area contributed by atoms with Gasteiger partial charge in [-0.25, -0.2) is 9.18 Å². The van der Waals surface area contributed by atoms with Crippen LogP contribution in [-0.4, -0.2) is 35.8 Å². The average Bonchev–Trinajstić information content (AvgIpc) is 2.33. The largest absolute Gasteiger partial charge is 0.479 e. The van der Waals surface area contributed by atoms with Crippen LogP contribution < -0.4 is 5.32 Å². The molecule has 7 nitrogen and oxygen atoms in total. The molecule has 8 heteroatoms. The molecule has 19 heavy (non-hydrogen) atoms. The molecule has 1 aromatic rings. The molecule has 2 N–H and O–H groups in total. The van der Waals surface area contributed by atoms with Crippen LogP contribution in [0, 0.1) is 22.9 Å². The standard InChI is InChI=1S/C11H13FN2O5/c1-6-3-8(9(14(17)18)4-7(6)12)13-5-10(19-2)11(15)16/h3-4,10,13H,5H2,1-2H3,(H,15,16). The summed E-state index contributed by atoms with van der Waals surface area (Å²) in [4.78, 5) is 20.8. The van der Waals surface area contributed by atoms with E-state index in [4.69, 9.17) is 5.11 Å². The summed E-state index contributed by atoms with van der Waals surface area (Å²) in [5.74, 6) is -1.89. The smallest absolute Gasteiger partial charge is 0.334 e. The van der Waals surface area contributed by atoms with Crippen molar-refractivity contribution in [2.24, 2.45) is 0 Å². The van der Waals surface area contributed by atoms with Crippen LogP contribution in [0.1, 0.15) is 5.56 Å². The second-order valence-electron chi connectivity index (χ2n) is 3.82. The van der Waals surface area contributed by atoms with Crippen molar-refractivity contribution in [1.82, 2.24) is 0 Å². The van der Waals surface area contributed by atoms with E-state index in [0.717, 1.165) is 6.07 Å². The van der Waals surface area contributed by atoms with E-state index in [2.05, 4.69) is 10.1 Å². The Balaban J connectivity index is 2.97. The van der Waals surface area contributed by atoms with Gasteiger partial charge in [-0.05, 0) is 18.6 Å². The SMILES string of the molecule is COC(CNc1cc(C)c(F)cc1[N+](=O)[O-])C(=O)O. The third kappa shape index (κ3) is 3.62. The predicted molar refractivity (Wildman–Crippen MR) is 64.7 cm³/mol. The molecular formula is C11H13FN2O5. The van der Waals surface area contributed by atoms with Crippen molar-refractivity contribution in [1.29, 1.82) is 0 Å². The molecule has 0 saturated heterocycles. The number of nitrogens with one attached hydrogen (secondary N) is 1. The number of hydrogen-bond donors (Lipinski definition) is 2. The molecule has 0 spiro atoms. The van der Waals surface area contributed by atoms with Gasteiger partial charge in [0.25, 0.3) is 5.69 Å². The summed E-state index contributed by atoms with van der Waals surface area (Å²) in [5.41, 5.74) is -0.187. The number of aryl methyl sites for hydroxylation is 1. The first-order valence-corrected chi connectivity index (χ1v) is 5.30. The number of benzene rings is 1. The van der Waals surface area contributed by atoms with Crippen LogP contribution in [0.15, 0.2) is 12.1 Å². The van der Waals surface area contributed by atoms with Gasteiger partial charge in [-0.3, -0.25) is 10.1 Å². The molecule has 1 aromatic carbocycles. The number of carbonyl (C=O) groups is 1. The Bertz CT molecular complexity index is 506. The fourth-order valence-electron chi connectivity index (χ4n) is 1.44. The topological polar surface area (TPSA) is 102 Å². The maximum atomic E-state index is 13.3. The minimum atomic E-state index is -1.20. The lowest BCUT2D eigenvalue weighted by Crippen LogP contribution is -2.30. The van der Waals surface area contributed by atoms with Crippen LogP contribution in [0.5, 0.6) is 0 Å². The van der Waals surface area contributed by atoms with E-state index < -0.39 is 28.5 Å². The Morgan fingerprint density at radius 2 is 2.26 bits per heavy atom. The Kier molecular flexibility index (Phi) is 4.76. The Labute approximate surface area is 108 Å². The van der Waals surface area contributed by atoms with E-state index in [9.17, 15) is 19.3 Å². The van der Waals surface area contributed by atoms with E-state index in [1.807, 2.05) is 0 Å². The monoisotopic (exact) mass is 272 g/mol. The van der Waals surface area contributed by atoms with Crippen LogP contribution >= 0.6 is 0 Å². The third-order valence-electron chi connectivity index (χ3n) is 2.51. The highest BCUT2D eigenvalue weighted by Gasteiger charge is 2.20. The molecule has 0 bridgehead atoms. The van der Waals surface area contributed by atoms with Crippen molar-refractivity contribution >= 4 is 17.3 Å². The Hall–Kier alpha value is -2.22. The highest BCUT2D eigenvalue weighted by molar-refractivity contribution is 5.73. The van der Waals surface area contributed by atoms with E-state index >= 15 is 0 Å². The van der Waals surface area contributed by atoms with E-state index in [1.54, 1.807) is 0 Å². The molecule has 0 aliphatic heterocycles. The van der Waals surface area contributed by atoms with Crippen molar-refractivity contribution < 1.29 is 24.0 Å². The third-order valence-corrected chi connectivity index (χ3v) is 2.51. The number of methoxy groups -OCH3 is 1. The lowest BCUT2D eigenvalue weighted by atomic mass is 10.1. The summed E-state index contributed by atoms with van der Waals surface area (Å²) in [5, 5.41) is 22.1. The summed E-state index contributed by atoms with van der Waals surface area (Å²) in [6.07, 6.45) is -1.15. The highest BCUT2D eigenvalue weighted by Crippen LogP contribution is 2.27. The fraction of sp³-hybridized carbons (Fsp3) is 0.364. The summed E-state index contributed by atoms with van der Waals surface area (Å²) in [6, 6.07) is 2.04. The lowest BCUT2D eigenvalue weighted by Gasteiger charge is -2.13. The number of anilines is 1. The number of rotatable bonds is 6. The highest BCUT2D eigenvalue weighted by atomic mass is 19.1. The molecule has 0 radical (unpaired) electrons. The van der Waals surface area contributed by atoms with Crippen molar-refractivity contribution in [2.75, 3.05) is 19.0 Å². The van der Waals surface area contributed by atoms with Crippen LogP contribution in [-0.2, 0) is 9.53 Å². The molecule has 0 amide bonds. The summed E-state index contributed by atoms with van der Waals surface area (Å²) in [7, 11) is 1.21. The van der Waals surface area contributed by atoms with Gasteiger partial charge < -0.3 is 15.2 Å². The number of aliphatic carboxylic acids is 1. The van der Waals surface area contributed by atoms with Crippen molar-refractivity contribution in [2.45, 2.75) is 13.0 Å². The van der Waals surface area contributed by atoms with Gasteiger partial charge in [0.05, 0.1) is 17.5 Å². The molecule has 0 fully saturated rings. The summed E-state index contributed by atoms with van der Waals surface area (Å²) < 4.78 is 17.9. The number of carboxylic acids is 1. The number of ether oxygens (including phenoxy) is 1. The zero-order chi connectivity index (χ0) is 14.6. The first kappa shape index (κ1) is 14.8.